The topological polar surface area (TPSA) is 77.4 Å². The molecule has 0 fully saturated rings. The summed E-state index contributed by atoms with van der Waals surface area (Å²) in [5, 5.41) is 9.14. The molecular formula is C25H24N4O3S. The van der Waals surface area contributed by atoms with E-state index in [9.17, 15) is 4.79 Å². The summed E-state index contributed by atoms with van der Waals surface area (Å²) < 4.78 is 12.1. The van der Waals surface area contributed by atoms with E-state index in [-0.39, 0.29) is 5.91 Å². The Balaban J connectivity index is 1.87. The Bertz CT molecular complexity index is 1180. The molecule has 8 heteroatoms. The molecule has 1 amide bonds. The van der Waals surface area contributed by atoms with Crippen molar-refractivity contribution in [3.05, 3.63) is 79.4 Å². The van der Waals surface area contributed by atoms with E-state index in [1.807, 2.05) is 55.5 Å². The fourth-order valence-electron chi connectivity index (χ4n) is 3.48. The highest BCUT2D eigenvalue weighted by atomic mass is 32.2. The molecule has 33 heavy (non-hydrogen) atoms. The van der Waals surface area contributed by atoms with Crippen molar-refractivity contribution in [2.75, 3.05) is 17.3 Å². The number of aromatic nitrogens is 3. The molecule has 2 heterocycles. The number of fused-ring (bicyclic) bond motifs is 3. The molecule has 0 bridgehead atoms. The maximum Gasteiger partial charge on any atom is 0.247 e. The third kappa shape index (κ3) is 4.75. The molecule has 0 saturated heterocycles. The first-order chi connectivity index (χ1) is 16.2. The smallest absolute Gasteiger partial charge is 0.247 e. The van der Waals surface area contributed by atoms with Gasteiger partial charge >= 0.3 is 0 Å². The number of carbonyl (C=O) groups is 1. The van der Waals surface area contributed by atoms with E-state index in [1.165, 1.54) is 11.8 Å². The van der Waals surface area contributed by atoms with Gasteiger partial charge in [-0.05, 0) is 18.2 Å². The molecule has 1 aliphatic rings. The lowest BCUT2D eigenvalue weighted by molar-refractivity contribution is -0.120. The van der Waals surface area contributed by atoms with Crippen LogP contribution in [0, 0.1) is 0 Å². The van der Waals surface area contributed by atoms with Crippen LogP contribution >= 0.6 is 11.8 Å². The number of para-hydroxylation sites is 1. The number of nitrogens with zero attached hydrogens (tertiary/aromatic N) is 4. The molecule has 168 valence electrons. The average molecular weight is 461 g/mol. The first-order valence-electron chi connectivity index (χ1n) is 10.6. The van der Waals surface area contributed by atoms with Crippen molar-refractivity contribution in [2.45, 2.75) is 24.7 Å². The summed E-state index contributed by atoms with van der Waals surface area (Å²) in [4.78, 5) is 19.5. The summed E-state index contributed by atoms with van der Waals surface area (Å²) in [7, 11) is 0. The number of anilines is 1. The van der Waals surface area contributed by atoms with Crippen molar-refractivity contribution in [3.8, 4) is 22.9 Å². The second-order valence-electron chi connectivity index (χ2n) is 7.12. The van der Waals surface area contributed by atoms with E-state index in [2.05, 4.69) is 28.3 Å². The van der Waals surface area contributed by atoms with Gasteiger partial charge in [-0.3, -0.25) is 9.69 Å². The van der Waals surface area contributed by atoms with E-state index >= 15 is 0 Å². The van der Waals surface area contributed by atoms with Crippen LogP contribution in [0.3, 0.4) is 0 Å². The zero-order valence-electron chi connectivity index (χ0n) is 18.3. The molecule has 3 aromatic rings. The van der Waals surface area contributed by atoms with Crippen molar-refractivity contribution in [3.63, 3.8) is 0 Å². The minimum atomic E-state index is -0.763. The van der Waals surface area contributed by atoms with Gasteiger partial charge in [0.1, 0.15) is 12.4 Å². The molecule has 2 aromatic carbocycles. The minimum Gasteiger partial charge on any atom is -0.490 e. The molecular weight excluding hydrogens is 436 g/mol. The second-order valence-corrected chi connectivity index (χ2v) is 8.11. The molecule has 0 radical (unpaired) electrons. The fourth-order valence-corrected chi connectivity index (χ4v) is 3.99. The quantitative estimate of drug-likeness (QED) is 0.337. The number of carbonyl (C=O) groups excluding carboxylic acids is 1. The maximum absolute atomic E-state index is 13.2. The average Bonchev–Trinajstić information content (AvgIpc) is 3.00. The van der Waals surface area contributed by atoms with Gasteiger partial charge in [-0.2, -0.15) is 4.98 Å². The van der Waals surface area contributed by atoms with Gasteiger partial charge in [0.05, 0.1) is 5.69 Å². The van der Waals surface area contributed by atoms with Gasteiger partial charge in [0, 0.05) is 23.3 Å². The third-order valence-corrected chi connectivity index (χ3v) is 5.76. The Kier molecular flexibility index (Phi) is 7.04. The summed E-state index contributed by atoms with van der Waals surface area (Å²) in [5.74, 6) is 1.52. The van der Waals surface area contributed by atoms with Crippen LogP contribution in [0.5, 0.6) is 11.6 Å². The lowest BCUT2D eigenvalue weighted by Gasteiger charge is -2.30. The fraction of sp³-hybridized carbons (Fsp3) is 0.200. The van der Waals surface area contributed by atoms with Crippen molar-refractivity contribution >= 4 is 23.4 Å². The third-order valence-electron chi connectivity index (χ3n) is 4.92. The maximum atomic E-state index is 13.2. The summed E-state index contributed by atoms with van der Waals surface area (Å²) in [6, 6.07) is 15.0. The highest BCUT2D eigenvalue weighted by molar-refractivity contribution is 7.99. The standard InChI is InChI=1S/C25H24N4O3S/c1-4-14-31-18-11-9-10-17(16-18)24-29(21(30)6-3)20-13-8-7-12-19(20)22-23(32-24)26-25(28-27-22)33-15-5-2/h4-5,7-13,16,24H,1-2,6,14-15H2,3H3/t24-/m1/s1. The summed E-state index contributed by atoms with van der Waals surface area (Å²) >= 11 is 1.41. The van der Waals surface area contributed by atoms with Crippen LogP contribution in [0.15, 0.2) is 79.0 Å². The number of rotatable bonds is 8. The highest BCUT2D eigenvalue weighted by Gasteiger charge is 2.35. The van der Waals surface area contributed by atoms with E-state index in [1.54, 1.807) is 17.1 Å². The van der Waals surface area contributed by atoms with Crippen LogP contribution in [0.2, 0.25) is 0 Å². The Hall–Kier alpha value is -3.65. The van der Waals surface area contributed by atoms with Gasteiger partial charge < -0.3 is 9.47 Å². The summed E-state index contributed by atoms with van der Waals surface area (Å²) in [6.07, 6.45) is 2.99. The molecule has 1 aliphatic heterocycles. The van der Waals surface area contributed by atoms with Crippen LogP contribution in [0.25, 0.3) is 11.3 Å². The van der Waals surface area contributed by atoms with Gasteiger partial charge in [-0.25, -0.2) is 0 Å². The van der Waals surface area contributed by atoms with Gasteiger partial charge in [0.15, 0.2) is 5.69 Å². The van der Waals surface area contributed by atoms with Gasteiger partial charge in [0.25, 0.3) is 0 Å². The van der Waals surface area contributed by atoms with Gasteiger partial charge in [-0.15, -0.1) is 16.8 Å². The molecule has 0 aliphatic carbocycles. The lowest BCUT2D eigenvalue weighted by Crippen LogP contribution is -2.37. The molecule has 0 N–H and O–H groups in total. The zero-order valence-corrected chi connectivity index (χ0v) is 19.1. The first-order valence-corrected chi connectivity index (χ1v) is 11.5. The van der Waals surface area contributed by atoms with Gasteiger partial charge in [-0.1, -0.05) is 67.7 Å². The van der Waals surface area contributed by atoms with Crippen LogP contribution < -0.4 is 14.4 Å². The first kappa shape index (κ1) is 22.5. The Morgan fingerprint density at radius 3 is 2.82 bits per heavy atom. The number of thioether (sulfide) groups is 1. The predicted molar refractivity (Wildman–Crippen MR) is 129 cm³/mol. The normalized spacial score (nSPS) is 14.3. The van der Waals surface area contributed by atoms with Crippen LogP contribution in [0.4, 0.5) is 5.69 Å². The van der Waals surface area contributed by atoms with E-state index < -0.39 is 6.23 Å². The Labute approximate surface area is 197 Å². The highest BCUT2D eigenvalue weighted by Crippen LogP contribution is 2.43. The van der Waals surface area contributed by atoms with Crippen LogP contribution in [-0.2, 0) is 4.79 Å². The molecule has 1 aromatic heterocycles. The summed E-state index contributed by atoms with van der Waals surface area (Å²) in [6.45, 7) is 9.63. The lowest BCUT2D eigenvalue weighted by atomic mass is 10.1. The number of hydrogen-bond donors (Lipinski definition) is 0. The molecule has 7 nitrogen and oxygen atoms in total. The second kappa shape index (κ2) is 10.3. The van der Waals surface area contributed by atoms with E-state index in [0.29, 0.717) is 46.9 Å². The van der Waals surface area contributed by atoms with Crippen molar-refractivity contribution in [1.82, 2.24) is 15.2 Å². The predicted octanol–water partition coefficient (Wildman–Crippen LogP) is 5.22. The molecule has 0 unspecified atom stereocenters. The Morgan fingerprint density at radius 2 is 2.03 bits per heavy atom. The molecule has 4 rings (SSSR count). The van der Waals surface area contributed by atoms with Crippen molar-refractivity contribution in [1.29, 1.82) is 0 Å². The minimum absolute atomic E-state index is 0.0908. The molecule has 0 spiro atoms. The van der Waals surface area contributed by atoms with Gasteiger partial charge in [0.2, 0.25) is 23.2 Å². The number of hydrogen-bond acceptors (Lipinski definition) is 7. The zero-order chi connectivity index (χ0) is 23.2. The largest absolute Gasteiger partial charge is 0.490 e. The SMILES string of the molecule is C=CCOc1cccc([C@H]2Oc3nc(SCC=C)nnc3-c3ccccc3N2C(=O)CC)c1. The number of amides is 1. The van der Waals surface area contributed by atoms with E-state index in [0.717, 1.165) is 11.1 Å². The van der Waals surface area contributed by atoms with Crippen LogP contribution in [0.1, 0.15) is 25.1 Å². The number of ether oxygens (including phenoxy) is 2. The molecule has 1 atom stereocenters. The van der Waals surface area contributed by atoms with Crippen molar-refractivity contribution < 1.29 is 14.3 Å². The molecule has 0 saturated carbocycles. The van der Waals surface area contributed by atoms with Crippen molar-refractivity contribution in [2.24, 2.45) is 0 Å². The summed E-state index contributed by atoms with van der Waals surface area (Å²) in [5.41, 5.74) is 2.66. The monoisotopic (exact) mass is 460 g/mol. The van der Waals surface area contributed by atoms with Crippen LogP contribution in [-0.4, -0.2) is 33.4 Å². The Morgan fingerprint density at radius 1 is 1.18 bits per heavy atom. The van der Waals surface area contributed by atoms with E-state index in [4.69, 9.17) is 9.47 Å². The number of benzene rings is 2.